The van der Waals surface area contributed by atoms with Crippen molar-refractivity contribution < 1.29 is 0 Å². The molecule has 1 aromatic carbocycles. The topological polar surface area (TPSA) is 25.8 Å². The predicted molar refractivity (Wildman–Crippen MR) is 110 cm³/mol. The summed E-state index contributed by atoms with van der Waals surface area (Å²) in [6.07, 6.45) is 13.1. The lowest BCUT2D eigenvalue weighted by molar-refractivity contribution is 0.259. The maximum absolute atomic E-state index is 4.42. The zero-order valence-electron chi connectivity index (χ0n) is 16.6. The van der Waals surface area contributed by atoms with Gasteiger partial charge >= 0.3 is 0 Å². The van der Waals surface area contributed by atoms with Gasteiger partial charge in [0.2, 0.25) is 0 Å². The Hall–Kier alpha value is -1.70. The van der Waals surface area contributed by atoms with Gasteiger partial charge < -0.3 is 0 Å². The van der Waals surface area contributed by atoms with E-state index in [-0.39, 0.29) is 0 Å². The number of unbranched alkanes of at least 4 members (excludes halogenated alkanes) is 1. The maximum Gasteiger partial charge on any atom is 0.0929 e. The fourth-order valence-electron chi connectivity index (χ4n) is 4.15. The highest BCUT2D eigenvalue weighted by atomic mass is 15.1. The van der Waals surface area contributed by atoms with Gasteiger partial charge in [0.25, 0.3) is 0 Å². The molecule has 0 saturated heterocycles. The van der Waals surface area contributed by atoms with E-state index in [9.17, 15) is 0 Å². The summed E-state index contributed by atoms with van der Waals surface area (Å²) in [5.74, 6) is 1.94. The number of benzene rings is 1. The van der Waals surface area contributed by atoms with Gasteiger partial charge in [0, 0.05) is 5.56 Å². The molecule has 0 aliphatic heterocycles. The van der Waals surface area contributed by atoms with Crippen LogP contribution in [0.1, 0.15) is 76.5 Å². The second-order valence-corrected chi connectivity index (χ2v) is 8.04. The van der Waals surface area contributed by atoms with Gasteiger partial charge in [0.1, 0.15) is 0 Å². The number of aromatic nitrogens is 2. The van der Waals surface area contributed by atoms with Crippen molar-refractivity contribution in [3.8, 4) is 11.3 Å². The molecule has 1 saturated carbocycles. The van der Waals surface area contributed by atoms with E-state index in [1.165, 1.54) is 68.9 Å². The summed E-state index contributed by atoms with van der Waals surface area (Å²) in [5, 5.41) is 8.79. The highest BCUT2D eigenvalue weighted by Crippen LogP contribution is 2.33. The van der Waals surface area contributed by atoms with E-state index < -0.39 is 0 Å². The van der Waals surface area contributed by atoms with Crippen LogP contribution < -0.4 is 0 Å². The lowest BCUT2D eigenvalue weighted by Gasteiger charge is -2.27. The van der Waals surface area contributed by atoms with Crippen LogP contribution in [0.2, 0.25) is 0 Å². The first-order valence-electron chi connectivity index (χ1n) is 10.7. The molecular weight excluding hydrogens is 316 g/mol. The molecule has 3 rings (SSSR count). The number of hydrogen-bond acceptors (Lipinski definition) is 2. The zero-order chi connectivity index (χ0) is 18.2. The lowest BCUT2D eigenvalue weighted by Crippen LogP contribution is -2.14. The maximum atomic E-state index is 4.42. The van der Waals surface area contributed by atoms with Crippen molar-refractivity contribution in [3.05, 3.63) is 47.7 Å². The minimum absolute atomic E-state index is 0.944. The molecule has 2 heteroatoms. The first kappa shape index (κ1) is 19.1. The van der Waals surface area contributed by atoms with Gasteiger partial charge in [-0.05, 0) is 55.2 Å². The van der Waals surface area contributed by atoms with E-state index in [1.54, 1.807) is 0 Å². The molecule has 1 aliphatic rings. The Bertz CT molecular complexity index is 637. The Morgan fingerprint density at radius 3 is 2.15 bits per heavy atom. The van der Waals surface area contributed by atoms with E-state index >= 15 is 0 Å². The Kier molecular flexibility index (Phi) is 7.22. The van der Waals surface area contributed by atoms with Crippen molar-refractivity contribution in [2.45, 2.75) is 78.1 Å². The van der Waals surface area contributed by atoms with Crippen molar-refractivity contribution in [1.82, 2.24) is 10.2 Å². The first-order chi connectivity index (χ1) is 12.8. The van der Waals surface area contributed by atoms with E-state index in [2.05, 4.69) is 60.4 Å². The molecule has 26 heavy (non-hydrogen) atoms. The summed E-state index contributed by atoms with van der Waals surface area (Å²) in [6.45, 7) is 4.55. The quantitative estimate of drug-likeness (QED) is 0.533. The van der Waals surface area contributed by atoms with Crippen LogP contribution in [-0.4, -0.2) is 10.2 Å². The molecule has 0 spiro atoms. The second kappa shape index (κ2) is 9.85. The van der Waals surface area contributed by atoms with Crippen molar-refractivity contribution in [3.63, 3.8) is 0 Å². The average molecular weight is 351 g/mol. The zero-order valence-corrected chi connectivity index (χ0v) is 16.6. The number of rotatable bonds is 8. The average Bonchev–Trinajstić information content (AvgIpc) is 2.72. The third-order valence-electron chi connectivity index (χ3n) is 6.14. The van der Waals surface area contributed by atoms with E-state index in [0.717, 1.165) is 29.6 Å². The van der Waals surface area contributed by atoms with Crippen LogP contribution in [0.25, 0.3) is 11.3 Å². The molecule has 1 heterocycles. The van der Waals surface area contributed by atoms with Crippen molar-refractivity contribution in [2.24, 2.45) is 11.8 Å². The summed E-state index contributed by atoms with van der Waals surface area (Å²) in [7, 11) is 0. The monoisotopic (exact) mass is 350 g/mol. The molecule has 140 valence electrons. The fraction of sp³-hybridized carbons (Fsp3) is 0.583. The third kappa shape index (κ3) is 5.40. The standard InChI is InChI=1S/C24H34N2/c1-3-5-6-23-17-18-24(26-25-23)22-15-13-21(14-16-22)12-11-20-9-7-19(4-2)8-10-20/h13-20H,3-12H2,1-2H3. The van der Waals surface area contributed by atoms with E-state index in [0.29, 0.717) is 0 Å². The van der Waals surface area contributed by atoms with Gasteiger partial charge in [-0.15, -0.1) is 0 Å². The van der Waals surface area contributed by atoms with Crippen LogP contribution in [0.15, 0.2) is 36.4 Å². The van der Waals surface area contributed by atoms with E-state index in [4.69, 9.17) is 0 Å². The molecule has 0 amide bonds. The summed E-state index contributed by atoms with van der Waals surface area (Å²) in [4.78, 5) is 0. The van der Waals surface area contributed by atoms with Gasteiger partial charge in [0.05, 0.1) is 11.4 Å². The Balaban J connectivity index is 1.50. The van der Waals surface area contributed by atoms with E-state index in [1.807, 2.05) is 0 Å². The molecule has 1 fully saturated rings. The van der Waals surface area contributed by atoms with Crippen LogP contribution >= 0.6 is 0 Å². The minimum Gasteiger partial charge on any atom is -0.155 e. The summed E-state index contributed by atoms with van der Waals surface area (Å²) < 4.78 is 0. The fourth-order valence-corrected chi connectivity index (χ4v) is 4.15. The Labute approximate surface area is 159 Å². The highest BCUT2D eigenvalue weighted by molar-refractivity contribution is 5.58. The molecule has 0 N–H and O–H groups in total. The van der Waals surface area contributed by atoms with Crippen LogP contribution in [0.3, 0.4) is 0 Å². The summed E-state index contributed by atoms with van der Waals surface area (Å²) in [6, 6.07) is 13.2. The molecule has 0 bridgehead atoms. The molecule has 0 unspecified atom stereocenters. The molecule has 1 aromatic heterocycles. The number of nitrogens with zero attached hydrogens (tertiary/aromatic N) is 2. The molecule has 0 atom stereocenters. The Morgan fingerprint density at radius 2 is 1.54 bits per heavy atom. The van der Waals surface area contributed by atoms with Crippen molar-refractivity contribution in [2.75, 3.05) is 0 Å². The lowest BCUT2D eigenvalue weighted by atomic mass is 9.78. The smallest absolute Gasteiger partial charge is 0.0929 e. The highest BCUT2D eigenvalue weighted by Gasteiger charge is 2.19. The normalized spacial score (nSPS) is 20.2. The molecule has 0 radical (unpaired) electrons. The van der Waals surface area contributed by atoms with Crippen molar-refractivity contribution >= 4 is 0 Å². The van der Waals surface area contributed by atoms with Gasteiger partial charge in [-0.2, -0.15) is 10.2 Å². The molecular formula is C24H34N2. The Morgan fingerprint density at radius 1 is 0.808 bits per heavy atom. The first-order valence-corrected chi connectivity index (χ1v) is 10.7. The summed E-state index contributed by atoms with van der Waals surface area (Å²) >= 11 is 0. The van der Waals surface area contributed by atoms with Crippen molar-refractivity contribution in [1.29, 1.82) is 0 Å². The van der Waals surface area contributed by atoms with Gasteiger partial charge in [-0.25, -0.2) is 0 Å². The van der Waals surface area contributed by atoms with Crippen LogP contribution in [-0.2, 0) is 12.8 Å². The third-order valence-corrected chi connectivity index (χ3v) is 6.14. The SMILES string of the molecule is CCCCc1ccc(-c2ccc(CCC3CCC(CC)CC3)cc2)nn1. The summed E-state index contributed by atoms with van der Waals surface area (Å²) in [5.41, 5.74) is 4.71. The number of aryl methyl sites for hydroxylation is 2. The number of hydrogen-bond donors (Lipinski definition) is 0. The largest absolute Gasteiger partial charge is 0.155 e. The predicted octanol–water partition coefficient (Wildman–Crippen LogP) is 6.64. The van der Waals surface area contributed by atoms with Crippen LogP contribution in [0.4, 0.5) is 0 Å². The van der Waals surface area contributed by atoms with Gasteiger partial charge in [0.15, 0.2) is 0 Å². The molecule has 1 aliphatic carbocycles. The van der Waals surface area contributed by atoms with Crippen LogP contribution in [0, 0.1) is 11.8 Å². The minimum atomic E-state index is 0.944. The molecule has 2 nitrogen and oxygen atoms in total. The van der Waals surface area contributed by atoms with Crippen LogP contribution in [0.5, 0.6) is 0 Å². The van der Waals surface area contributed by atoms with Gasteiger partial charge in [-0.3, -0.25) is 0 Å². The van der Waals surface area contributed by atoms with Gasteiger partial charge in [-0.1, -0.05) is 76.6 Å². The second-order valence-electron chi connectivity index (χ2n) is 8.04. The molecule has 2 aromatic rings.